The van der Waals surface area contributed by atoms with Crippen LogP contribution in [0, 0.1) is 5.92 Å². The Hall–Kier alpha value is -1.14. The minimum atomic E-state index is -0.968. The van der Waals surface area contributed by atoms with Gasteiger partial charge in [-0.3, -0.25) is 9.59 Å². The van der Waals surface area contributed by atoms with E-state index in [4.69, 9.17) is 15.9 Å². The van der Waals surface area contributed by atoms with Crippen molar-refractivity contribution in [1.29, 1.82) is 0 Å². The molecule has 0 saturated heterocycles. The van der Waals surface area contributed by atoms with Crippen molar-refractivity contribution < 1.29 is 19.8 Å². The summed E-state index contributed by atoms with van der Waals surface area (Å²) < 4.78 is 0. The second-order valence-corrected chi connectivity index (χ2v) is 2.07. The average molecular weight is 178 g/mol. The molecule has 0 aliphatic heterocycles. The standard InChI is InChI=1S/C4H9NO2.C2H5NO2/c1-3(2-5)4(6)7;3-1-2(4)5/h3H,2,5H2,1H3,(H,6,7);1,3H2,(H,4,5). The van der Waals surface area contributed by atoms with Gasteiger partial charge in [0.1, 0.15) is 0 Å². The van der Waals surface area contributed by atoms with E-state index < -0.39 is 17.9 Å². The zero-order valence-electron chi connectivity index (χ0n) is 6.86. The average Bonchev–Trinajstić information content (AvgIpc) is 2.04. The van der Waals surface area contributed by atoms with Crippen molar-refractivity contribution >= 4 is 11.9 Å². The molecule has 0 radical (unpaired) electrons. The van der Waals surface area contributed by atoms with Gasteiger partial charge in [0.05, 0.1) is 12.5 Å². The summed E-state index contributed by atoms with van der Waals surface area (Å²) in [7, 11) is 0. The Labute approximate surface area is 70.2 Å². The number of carbonyl (C=O) groups is 2. The highest BCUT2D eigenvalue weighted by atomic mass is 16.4. The molecule has 0 aliphatic carbocycles. The number of carboxylic acids is 2. The smallest absolute Gasteiger partial charge is 0.317 e. The van der Waals surface area contributed by atoms with Gasteiger partial charge in [-0.05, 0) is 0 Å². The quantitative estimate of drug-likeness (QED) is 0.425. The van der Waals surface area contributed by atoms with Crippen LogP contribution in [0.25, 0.3) is 0 Å². The predicted octanol–water partition coefficient (Wildman–Crippen LogP) is -1.30. The number of aliphatic carboxylic acids is 2. The number of carboxylic acid groups (broad SMARTS) is 2. The molecule has 0 bridgehead atoms. The molecule has 1 unspecified atom stereocenters. The van der Waals surface area contributed by atoms with Crippen LogP contribution in [0.3, 0.4) is 0 Å². The third kappa shape index (κ3) is 11.6. The summed E-state index contributed by atoms with van der Waals surface area (Å²) in [6.07, 6.45) is 0. The Morgan fingerprint density at radius 1 is 1.33 bits per heavy atom. The third-order valence-corrected chi connectivity index (χ3v) is 0.950. The van der Waals surface area contributed by atoms with Crippen LogP contribution in [-0.4, -0.2) is 35.2 Å². The summed E-state index contributed by atoms with van der Waals surface area (Å²) in [6, 6.07) is 0. The molecule has 0 rings (SSSR count). The molecule has 12 heavy (non-hydrogen) atoms. The number of hydrogen-bond acceptors (Lipinski definition) is 4. The first-order valence-corrected chi connectivity index (χ1v) is 3.30. The summed E-state index contributed by atoms with van der Waals surface area (Å²) in [5.74, 6) is -2.20. The van der Waals surface area contributed by atoms with Gasteiger partial charge < -0.3 is 21.7 Å². The molecule has 0 amide bonds. The van der Waals surface area contributed by atoms with E-state index in [1.165, 1.54) is 0 Å². The second-order valence-electron chi connectivity index (χ2n) is 2.07. The molecular formula is C6H14N2O4. The van der Waals surface area contributed by atoms with Crippen LogP contribution in [0.5, 0.6) is 0 Å². The van der Waals surface area contributed by atoms with Gasteiger partial charge in [-0.15, -0.1) is 0 Å². The Balaban J connectivity index is 0. The zero-order chi connectivity index (χ0) is 10.1. The topological polar surface area (TPSA) is 127 Å². The molecule has 0 fully saturated rings. The van der Waals surface area contributed by atoms with Crippen molar-refractivity contribution in [3.63, 3.8) is 0 Å². The number of hydrogen-bond donors (Lipinski definition) is 4. The Morgan fingerprint density at radius 3 is 1.67 bits per heavy atom. The second kappa shape index (κ2) is 7.96. The van der Waals surface area contributed by atoms with Crippen LogP contribution in [0.4, 0.5) is 0 Å². The van der Waals surface area contributed by atoms with Gasteiger partial charge in [0.2, 0.25) is 0 Å². The molecule has 6 nitrogen and oxygen atoms in total. The fraction of sp³-hybridized carbons (Fsp3) is 0.667. The molecule has 0 aromatic heterocycles. The molecule has 0 aliphatic rings. The molecule has 0 aromatic carbocycles. The molecule has 6 heteroatoms. The van der Waals surface area contributed by atoms with E-state index in [9.17, 15) is 9.59 Å². The van der Waals surface area contributed by atoms with Gasteiger partial charge in [0.15, 0.2) is 0 Å². The van der Waals surface area contributed by atoms with Crippen LogP contribution in [0.15, 0.2) is 0 Å². The van der Waals surface area contributed by atoms with Gasteiger partial charge in [-0.25, -0.2) is 0 Å². The van der Waals surface area contributed by atoms with E-state index in [1.54, 1.807) is 6.92 Å². The van der Waals surface area contributed by atoms with E-state index in [-0.39, 0.29) is 13.1 Å². The maximum Gasteiger partial charge on any atom is 0.317 e. The van der Waals surface area contributed by atoms with E-state index in [0.717, 1.165) is 0 Å². The lowest BCUT2D eigenvalue weighted by Gasteiger charge is -1.96. The number of rotatable bonds is 3. The van der Waals surface area contributed by atoms with Gasteiger partial charge in [-0.1, -0.05) is 6.92 Å². The van der Waals surface area contributed by atoms with E-state index in [1.807, 2.05) is 0 Å². The van der Waals surface area contributed by atoms with Gasteiger partial charge in [0.25, 0.3) is 0 Å². The first kappa shape index (κ1) is 13.4. The van der Waals surface area contributed by atoms with Crippen molar-refractivity contribution in [3.8, 4) is 0 Å². The maximum atomic E-state index is 9.85. The largest absolute Gasteiger partial charge is 0.481 e. The normalized spacial score (nSPS) is 10.9. The molecular weight excluding hydrogens is 164 g/mol. The Bertz CT molecular complexity index is 148. The van der Waals surface area contributed by atoms with Gasteiger partial charge in [0, 0.05) is 6.54 Å². The molecule has 0 spiro atoms. The summed E-state index contributed by atoms with van der Waals surface area (Å²) in [6.45, 7) is 1.51. The fourth-order valence-electron chi connectivity index (χ4n) is 0.101. The highest BCUT2D eigenvalue weighted by Crippen LogP contribution is 1.87. The SMILES string of the molecule is CC(CN)C(=O)O.NCC(=O)O. The van der Waals surface area contributed by atoms with Crippen molar-refractivity contribution in [2.24, 2.45) is 17.4 Å². The predicted molar refractivity (Wildman–Crippen MR) is 42.5 cm³/mol. The lowest BCUT2D eigenvalue weighted by atomic mass is 10.2. The zero-order valence-corrected chi connectivity index (χ0v) is 6.86. The van der Waals surface area contributed by atoms with E-state index in [2.05, 4.69) is 5.73 Å². The van der Waals surface area contributed by atoms with Crippen LogP contribution in [0.1, 0.15) is 6.92 Å². The lowest BCUT2D eigenvalue weighted by Crippen LogP contribution is -2.19. The summed E-state index contributed by atoms with van der Waals surface area (Å²) in [5, 5.41) is 15.7. The summed E-state index contributed by atoms with van der Waals surface area (Å²) >= 11 is 0. The highest BCUT2D eigenvalue weighted by molar-refractivity contribution is 5.69. The van der Waals surface area contributed by atoms with E-state index >= 15 is 0 Å². The van der Waals surface area contributed by atoms with Gasteiger partial charge >= 0.3 is 11.9 Å². The highest BCUT2D eigenvalue weighted by Gasteiger charge is 2.05. The summed E-state index contributed by atoms with van der Waals surface area (Å²) in [5.41, 5.74) is 9.56. The third-order valence-electron chi connectivity index (χ3n) is 0.950. The first-order valence-electron chi connectivity index (χ1n) is 3.30. The van der Waals surface area contributed by atoms with Crippen LogP contribution in [-0.2, 0) is 9.59 Å². The van der Waals surface area contributed by atoms with Crippen molar-refractivity contribution in [1.82, 2.24) is 0 Å². The van der Waals surface area contributed by atoms with Crippen molar-refractivity contribution in [3.05, 3.63) is 0 Å². The number of nitrogens with two attached hydrogens (primary N) is 2. The molecule has 72 valence electrons. The minimum Gasteiger partial charge on any atom is -0.481 e. The molecule has 6 N–H and O–H groups in total. The summed E-state index contributed by atoms with van der Waals surface area (Å²) in [4.78, 5) is 19.1. The first-order chi connectivity index (χ1) is 5.45. The minimum absolute atomic E-state index is 0.218. The Kier molecular flexibility index (Phi) is 8.92. The van der Waals surface area contributed by atoms with Crippen LogP contribution < -0.4 is 11.5 Å². The van der Waals surface area contributed by atoms with Crippen LogP contribution in [0.2, 0.25) is 0 Å². The molecule has 1 atom stereocenters. The lowest BCUT2D eigenvalue weighted by molar-refractivity contribution is -0.140. The van der Waals surface area contributed by atoms with E-state index in [0.29, 0.717) is 0 Å². The molecule has 0 aromatic rings. The van der Waals surface area contributed by atoms with Gasteiger partial charge in [-0.2, -0.15) is 0 Å². The molecule has 0 heterocycles. The van der Waals surface area contributed by atoms with Crippen LogP contribution >= 0.6 is 0 Å². The van der Waals surface area contributed by atoms with Crippen molar-refractivity contribution in [2.45, 2.75) is 6.92 Å². The molecule has 0 saturated carbocycles. The Morgan fingerprint density at radius 2 is 1.67 bits per heavy atom. The maximum absolute atomic E-state index is 9.85. The van der Waals surface area contributed by atoms with Crippen molar-refractivity contribution in [2.75, 3.05) is 13.1 Å². The monoisotopic (exact) mass is 178 g/mol. The fourth-order valence-corrected chi connectivity index (χ4v) is 0.101.